The number of amides is 1. The Morgan fingerprint density at radius 1 is 1.17 bits per heavy atom. The van der Waals surface area contributed by atoms with Crippen LogP contribution in [-0.4, -0.2) is 5.91 Å². The van der Waals surface area contributed by atoms with Gasteiger partial charge in [-0.2, -0.15) is 0 Å². The van der Waals surface area contributed by atoms with E-state index < -0.39 is 11.3 Å². The van der Waals surface area contributed by atoms with Gasteiger partial charge in [0.15, 0.2) is 0 Å². The molecule has 23 heavy (non-hydrogen) atoms. The van der Waals surface area contributed by atoms with Crippen molar-refractivity contribution in [3.63, 3.8) is 0 Å². The quantitative estimate of drug-likeness (QED) is 0.871. The molecule has 0 unspecified atom stereocenters. The molecule has 2 aromatic rings. The summed E-state index contributed by atoms with van der Waals surface area (Å²) >= 11 is 11.5. The lowest BCUT2D eigenvalue weighted by atomic mass is 10.0. The van der Waals surface area contributed by atoms with E-state index in [0.29, 0.717) is 0 Å². The first-order valence-corrected chi connectivity index (χ1v) is 8.07. The molecular weight excluding hydrogens is 337 g/mol. The van der Waals surface area contributed by atoms with E-state index in [1.54, 1.807) is 0 Å². The van der Waals surface area contributed by atoms with E-state index >= 15 is 0 Å². The predicted octanol–water partition coefficient (Wildman–Crippen LogP) is 4.63. The smallest absolute Gasteiger partial charge is 0.263 e. The second-order valence-electron chi connectivity index (χ2n) is 5.06. The molecule has 0 bridgehead atoms. The molecular formula is C17H17Cl2NO3. The van der Waals surface area contributed by atoms with E-state index in [2.05, 4.69) is 5.32 Å². The van der Waals surface area contributed by atoms with Gasteiger partial charge < -0.3 is 9.73 Å². The first kappa shape index (κ1) is 17.6. The number of nitrogens with one attached hydrogen (secondary N) is 1. The van der Waals surface area contributed by atoms with Crippen molar-refractivity contribution in [2.24, 2.45) is 0 Å². The Hall–Kier alpha value is -1.78. The van der Waals surface area contributed by atoms with Gasteiger partial charge in [0, 0.05) is 5.69 Å². The van der Waals surface area contributed by atoms with Crippen molar-refractivity contribution in [2.75, 3.05) is 5.32 Å². The molecule has 0 saturated carbocycles. The zero-order valence-corrected chi connectivity index (χ0v) is 14.6. The van der Waals surface area contributed by atoms with Crippen LogP contribution in [0.2, 0.25) is 10.2 Å². The van der Waals surface area contributed by atoms with E-state index in [1.165, 1.54) is 6.92 Å². The highest BCUT2D eigenvalue weighted by atomic mass is 35.5. The maximum Gasteiger partial charge on any atom is 0.263 e. The third-order valence-corrected chi connectivity index (χ3v) is 4.36. The number of aryl methyl sites for hydroxylation is 3. The van der Waals surface area contributed by atoms with E-state index in [-0.39, 0.29) is 21.6 Å². The van der Waals surface area contributed by atoms with Crippen molar-refractivity contribution in [3.05, 3.63) is 61.1 Å². The van der Waals surface area contributed by atoms with Crippen LogP contribution in [0.5, 0.6) is 0 Å². The van der Waals surface area contributed by atoms with Gasteiger partial charge in [-0.05, 0) is 42.5 Å². The largest absolute Gasteiger partial charge is 0.447 e. The molecule has 0 aliphatic rings. The fraction of sp³-hybridized carbons (Fsp3) is 0.294. The monoisotopic (exact) mass is 353 g/mol. The zero-order valence-electron chi connectivity index (χ0n) is 13.1. The fourth-order valence-corrected chi connectivity index (χ4v) is 2.77. The van der Waals surface area contributed by atoms with Crippen molar-refractivity contribution in [3.8, 4) is 0 Å². The number of hydrogen-bond donors (Lipinski definition) is 1. The molecule has 2 rings (SSSR count). The Morgan fingerprint density at radius 2 is 1.74 bits per heavy atom. The lowest BCUT2D eigenvalue weighted by Crippen LogP contribution is -2.24. The zero-order chi connectivity index (χ0) is 17.1. The van der Waals surface area contributed by atoms with Crippen LogP contribution >= 0.6 is 23.2 Å². The van der Waals surface area contributed by atoms with E-state index in [9.17, 15) is 9.59 Å². The Balaban J connectivity index is 2.50. The van der Waals surface area contributed by atoms with E-state index in [0.717, 1.165) is 29.7 Å². The number of carbonyl (C=O) groups is 1. The highest BCUT2D eigenvalue weighted by molar-refractivity contribution is 6.40. The first-order valence-electron chi connectivity index (χ1n) is 7.31. The van der Waals surface area contributed by atoms with Crippen LogP contribution in [0.15, 0.2) is 27.4 Å². The summed E-state index contributed by atoms with van der Waals surface area (Å²) in [6.45, 7) is 5.51. The molecule has 1 N–H and O–H groups in total. The molecule has 1 amide bonds. The molecule has 122 valence electrons. The average Bonchev–Trinajstić information content (AvgIpc) is 2.52. The number of benzene rings is 1. The van der Waals surface area contributed by atoms with Crippen LogP contribution in [0.4, 0.5) is 5.69 Å². The van der Waals surface area contributed by atoms with Crippen LogP contribution in [0, 0.1) is 6.92 Å². The Bertz CT molecular complexity index is 790. The lowest BCUT2D eigenvalue weighted by molar-refractivity contribution is 0.102. The summed E-state index contributed by atoms with van der Waals surface area (Å²) in [5, 5.41) is 2.32. The van der Waals surface area contributed by atoms with E-state index in [1.807, 2.05) is 32.0 Å². The van der Waals surface area contributed by atoms with Gasteiger partial charge in [-0.15, -0.1) is 0 Å². The highest BCUT2D eigenvalue weighted by Gasteiger charge is 2.22. The summed E-state index contributed by atoms with van der Waals surface area (Å²) in [7, 11) is 0. The fourth-order valence-electron chi connectivity index (χ4n) is 2.43. The minimum absolute atomic E-state index is 0.132. The molecule has 0 saturated heterocycles. The molecule has 0 fully saturated rings. The van der Waals surface area contributed by atoms with Gasteiger partial charge in [-0.3, -0.25) is 9.59 Å². The minimum atomic E-state index is -0.634. The van der Waals surface area contributed by atoms with Crippen LogP contribution in [0.25, 0.3) is 0 Å². The number of carbonyl (C=O) groups excluding carboxylic acids is 1. The third-order valence-electron chi connectivity index (χ3n) is 3.66. The number of anilines is 1. The molecule has 1 heterocycles. The maximum absolute atomic E-state index is 12.6. The average molecular weight is 354 g/mol. The van der Waals surface area contributed by atoms with Gasteiger partial charge in [0.25, 0.3) is 5.91 Å². The highest BCUT2D eigenvalue weighted by Crippen LogP contribution is 2.25. The van der Waals surface area contributed by atoms with Crippen molar-refractivity contribution >= 4 is 34.8 Å². The first-order chi connectivity index (χ1) is 10.9. The number of para-hydroxylation sites is 1. The lowest BCUT2D eigenvalue weighted by Gasteiger charge is -2.15. The topological polar surface area (TPSA) is 59.3 Å². The normalized spacial score (nSPS) is 10.7. The summed E-state index contributed by atoms with van der Waals surface area (Å²) in [5.41, 5.74) is 1.96. The van der Waals surface area contributed by atoms with Gasteiger partial charge in [-0.1, -0.05) is 43.6 Å². The molecule has 0 aliphatic heterocycles. The minimum Gasteiger partial charge on any atom is -0.447 e. The maximum atomic E-state index is 12.6. The number of halogens is 2. The van der Waals surface area contributed by atoms with E-state index in [4.69, 9.17) is 27.6 Å². The number of hydrogen-bond acceptors (Lipinski definition) is 3. The summed E-state index contributed by atoms with van der Waals surface area (Å²) in [4.78, 5) is 24.8. The SMILES string of the molecule is CCc1cccc(CC)c1NC(=O)c1c(C)oc(Cl)c(Cl)c1=O. The Labute approximate surface area is 144 Å². The molecule has 4 nitrogen and oxygen atoms in total. The summed E-state index contributed by atoms with van der Waals surface area (Å²) in [6.07, 6.45) is 1.52. The molecule has 0 radical (unpaired) electrons. The standard InChI is InChI=1S/C17H17Cl2NO3/c1-4-10-7-6-8-11(5-2)14(10)20-17(22)12-9(3)23-16(19)13(18)15(12)21/h6-8H,4-5H2,1-3H3,(H,20,22). The van der Waals surface area contributed by atoms with Crippen molar-refractivity contribution in [1.29, 1.82) is 0 Å². The predicted molar refractivity (Wildman–Crippen MR) is 92.9 cm³/mol. The second kappa shape index (κ2) is 7.20. The molecule has 0 aliphatic carbocycles. The Kier molecular flexibility index (Phi) is 5.50. The Morgan fingerprint density at radius 3 is 2.26 bits per heavy atom. The third kappa shape index (κ3) is 3.43. The van der Waals surface area contributed by atoms with Crippen molar-refractivity contribution in [1.82, 2.24) is 0 Å². The van der Waals surface area contributed by atoms with Gasteiger partial charge in [0.1, 0.15) is 16.3 Å². The molecule has 6 heteroatoms. The van der Waals surface area contributed by atoms with Gasteiger partial charge in [-0.25, -0.2) is 0 Å². The van der Waals surface area contributed by atoms with Gasteiger partial charge in [0.05, 0.1) is 0 Å². The number of rotatable bonds is 4. The van der Waals surface area contributed by atoms with Crippen molar-refractivity contribution < 1.29 is 9.21 Å². The van der Waals surface area contributed by atoms with Crippen LogP contribution < -0.4 is 10.7 Å². The molecule has 1 aromatic heterocycles. The van der Waals surface area contributed by atoms with Crippen LogP contribution in [0.3, 0.4) is 0 Å². The summed E-state index contributed by atoms with van der Waals surface area (Å²) < 4.78 is 5.16. The summed E-state index contributed by atoms with van der Waals surface area (Å²) in [6, 6.07) is 5.84. The van der Waals surface area contributed by atoms with Crippen molar-refractivity contribution in [2.45, 2.75) is 33.6 Å². The summed E-state index contributed by atoms with van der Waals surface area (Å²) in [5.74, 6) is -0.417. The van der Waals surface area contributed by atoms with Crippen LogP contribution in [-0.2, 0) is 12.8 Å². The second-order valence-corrected chi connectivity index (χ2v) is 5.78. The molecule has 1 aromatic carbocycles. The molecule has 0 atom stereocenters. The van der Waals surface area contributed by atoms with Crippen LogP contribution in [0.1, 0.15) is 41.1 Å². The van der Waals surface area contributed by atoms with Gasteiger partial charge >= 0.3 is 0 Å². The van der Waals surface area contributed by atoms with Gasteiger partial charge in [0.2, 0.25) is 10.6 Å². The molecule has 0 spiro atoms.